The molecule has 0 atom stereocenters. The van der Waals surface area contributed by atoms with Gasteiger partial charge in [0.1, 0.15) is 58.2 Å². The van der Waals surface area contributed by atoms with Crippen molar-refractivity contribution in [3.05, 3.63) is 95.1 Å². The van der Waals surface area contributed by atoms with Gasteiger partial charge in [-0.05, 0) is 38.1 Å². The molecule has 16 nitrogen and oxygen atoms in total. The van der Waals surface area contributed by atoms with Crippen LogP contribution in [-0.2, 0) is 14.2 Å². The van der Waals surface area contributed by atoms with Gasteiger partial charge in [0.05, 0.1) is 66.7 Å². The van der Waals surface area contributed by atoms with Crippen molar-refractivity contribution in [3.8, 4) is 0 Å². The van der Waals surface area contributed by atoms with E-state index in [1.54, 1.807) is 4.90 Å². The molecule has 4 fully saturated rings. The Morgan fingerprint density at radius 3 is 1.47 bits per heavy atom. The number of ether oxygens (including phenoxy) is 3. The molecule has 0 spiro atoms. The van der Waals surface area contributed by atoms with E-state index in [-0.39, 0.29) is 27.9 Å². The molecule has 1 amide bonds. The molecule has 4 aliphatic rings. The number of pyridine rings is 4. The lowest BCUT2D eigenvalue weighted by atomic mass is 10.1. The van der Waals surface area contributed by atoms with Gasteiger partial charge in [-0.1, -0.05) is 12.1 Å². The topological polar surface area (TPSA) is 149 Å². The zero-order chi connectivity index (χ0) is 47.3. The number of nitrogens with one attached hydrogen (secondary N) is 3. The van der Waals surface area contributed by atoms with Crippen LogP contribution in [0, 0.1) is 37.1 Å². The van der Waals surface area contributed by atoms with Crippen LogP contribution >= 0.6 is 0 Å². The van der Waals surface area contributed by atoms with Crippen molar-refractivity contribution < 1.29 is 36.6 Å². The quantitative estimate of drug-likeness (QED) is 0.136. The van der Waals surface area contributed by atoms with E-state index in [0.717, 1.165) is 87.5 Å². The minimum absolute atomic E-state index is 0.199. The second kappa shape index (κ2) is 20.6. The molecule has 6 aromatic rings. The number of benzene rings is 2. The van der Waals surface area contributed by atoms with Gasteiger partial charge in [-0.15, -0.1) is 0 Å². The smallest absolute Gasteiger partial charge is 0.409 e. The predicted octanol–water partition coefficient (Wildman–Crippen LogP) is 6.89. The molecule has 4 aromatic heterocycles. The number of nitrogens with zero attached hydrogens (tertiary/aromatic N) is 9. The summed E-state index contributed by atoms with van der Waals surface area (Å²) in [6.45, 7) is 14.6. The fourth-order valence-electron chi connectivity index (χ4n) is 9.00. The number of hydrogen-bond acceptors (Lipinski definition) is 15. The molecule has 2 aromatic carbocycles. The van der Waals surface area contributed by atoms with Crippen LogP contribution < -0.4 is 35.6 Å². The first kappa shape index (κ1) is 46.3. The number of anilines is 8. The lowest BCUT2D eigenvalue weighted by molar-refractivity contribution is 0.121. The molecule has 0 saturated carbocycles. The summed E-state index contributed by atoms with van der Waals surface area (Å²) in [4.78, 5) is 40.7. The maximum atomic E-state index is 15.1. The Hall–Kier alpha value is -6.77. The van der Waals surface area contributed by atoms with Crippen molar-refractivity contribution in [3.63, 3.8) is 0 Å². The SMILES string of the molecule is COC(=O)N1CCN(c2nc3cc(F)cc(F)c3c(Nc3cccc(N4CCOCC4)n3)c2C)CC1.Cc1c(N2CCNCC2)nc2cc(F)cc(F)c2c1Nc1cccc(N2CCOCC2)n1. The highest BCUT2D eigenvalue weighted by Gasteiger charge is 2.27. The third kappa shape index (κ3) is 10.1. The number of aromatic nitrogens is 4. The minimum Gasteiger partial charge on any atom is -0.453 e. The molecule has 0 bridgehead atoms. The first-order valence-corrected chi connectivity index (χ1v) is 22.8. The molecule has 68 heavy (non-hydrogen) atoms. The second-order valence-electron chi connectivity index (χ2n) is 16.8. The highest BCUT2D eigenvalue weighted by molar-refractivity contribution is 5.98. The van der Waals surface area contributed by atoms with Crippen LogP contribution in [0.1, 0.15) is 11.1 Å². The number of carbonyl (C=O) groups is 1. The lowest BCUT2D eigenvalue weighted by Gasteiger charge is -2.35. The largest absolute Gasteiger partial charge is 0.453 e. The molecule has 8 heterocycles. The van der Waals surface area contributed by atoms with Gasteiger partial charge in [-0.2, -0.15) is 0 Å². The van der Waals surface area contributed by atoms with Gasteiger partial charge in [0.2, 0.25) is 0 Å². The summed E-state index contributed by atoms with van der Waals surface area (Å²) in [6.07, 6.45) is -0.379. The Morgan fingerprint density at radius 1 is 0.588 bits per heavy atom. The van der Waals surface area contributed by atoms with E-state index in [1.807, 2.05) is 55.1 Å². The van der Waals surface area contributed by atoms with Gasteiger partial charge < -0.3 is 54.7 Å². The van der Waals surface area contributed by atoms with Crippen LogP contribution in [0.2, 0.25) is 0 Å². The van der Waals surface area contributed by atoms with E-state index in [1.165, 1.54) is 19.2 Å². The first-order valence-electron chi connectivity index (χ1n) is 22.8. The Morgan fingerprint density at radius 2 is 1.03 bits per heavy atom. The normalized spacial score (nSPS) is 16.7. The monoisotopic (exact) mass is 938 g/mol. The number of amides is 1. The zero-order valence-electron chi connectivity index (χ0n) is 38.3. The van der Waals surface area contributed by atoms with Gasteiger partial charge in [0.15, 0.2) is 0 Å². The fraction of sp³-hybridized carbons (Fsp3) is 0.396. The first-order chi connectivity index (χ1) is 33.0. The maximum absolute atomic E-state index is 15.1. The predicted molar refractivity (Wildman–Crippen MR) is 255 cm³/mol. The van der Waals surface area contributed by atoms with Crippen LogP contribution in [0.3, 0.4) is 0 Å². The Balaban J connectivity index is 0.000000171. The van der Waals surface area contributed by atoms with Gasteiger partial charge in [-0.3, -0.25) is 0 Å². The number of fused-ring (bicyclic) bond motifs is 2. The van der Waals surface area contributed by atoms with Crippen molar-refractivity contribution in [2.75, 3.05) is 142 Å². The van der Waals surface area contributed by atoms with E-state index in [0.29, 0.717) is 87.0 Å². The number of hydrogen-bond donors (Lipinski definition) is 3. The molecule has 20 heteroatoms. The molecule has 0 aliphatic carbocycles. The Labute approximate surface area is 391 Å². The molecular weight excluding hydrogens is 885 g/mol. The molecule has 0 unspecified atom stereocenters. The van der Waals surface area contributed by atoms with E-state index in [9.17, 15) is 18.0 Å². The third-order valence-corrected chi connectivity index (χ3v) is 12.5. The van der Waals surface area contributed by atoms with Crippen LogP contribution in [0.25, 0.3) is 21.8 Å². The summed E-state index contributed by atoms with van der Waals surface area (Å²) in [6, 6.07) is 15.6. The van der Waals surface area contributed by atoms with Crippen molar-refractivity contribution in [1.29, 1.82) is 0 Å². The molecule has 3 N–H and O–H groups in total. The highest BCUT2D eigenvalue weighted by Crippen LogP contribution is 2.39. The standard InChI is InChI=1S/C25H28F2N6O3.C23H26F2N6O/c1-16-23(30-20-4-3-5-21(29-20)31-10-12-36-13-11-31)22-18(27)14-17(26)15-19(22)28-24(16)32-6-8-33(9-7-32)25(34)35-2;1-15-22(29-19-3-2-4-20(28-19)30-9-11-32-12-10-30)21-17(25)13-16(24)14-18(21)27-23(15)31-7-5-26-6-8-31/h3-5,14-15H,6-13H2,1-2H3,(H,28,29,30);2-4,13-14,26H,5-12H2,1H3,(H,27,28,29). The Kier molecular flexibility index (Phi) is 14.1. The fourth-order valence-corrected chi connectivity index (χ4v) is 9.00. The highest BCUT2D eigenvalue weighted by atomic mass is 19.1. The van der Waals surface area contributed by atoms with E-state index >= 15 is 4.39 Å². The number of halogens is 4. The van der Waals surface area contributed by atoms with E-state index in [4.69, 9.17) is 24.2 Å². The van der Waals surface area contributed by atoms with Crippen LogP contribution in [0.4, 0.5) is 68.6 Å². The summed E-state index contributed by atoms with van der Waals surface area (Å²) in [5.41, 5.74) is 3.05. The van der Waals surface area contributed by atoms with Crippen molar-refractivity contribution in [2.24, 2.45) is 0 Å². The molecule has 0 radical (unpaired) electrons. The van der Waals surface area contributed by atoms with Crippen molar-refractivity contribution in [1.82, 2.24) is 30.2 Å². The molecule has 4 saturated heterocycles. The van der Waals surface area contributed by atoms with Gasteiger partial charge in [-0.25, -0.2) is 42.3 Å². The maximum Gasteiger partial charge on any atom is 0.409 e. The van der Waals surface area contributed by atoms with Crippen molar-refractivity contribution >= 4 is 74.2 Å². The summed E-state index contributed by atoms with van der Waals surface area (Å²) >= 11 is 0. The molecule has 10 rings (SSSR count). The third-order valence-electron chi connectivity index (χ3n) is 12.5. The zero-order valence-corrected chi connectivity index (χ0v) is 38.3. The van der Waals surface area contributed by atoms with Gasteiger partial charge in [0, 0.05) is 114 Å². The van der Waals surface area contributed by atoms with Crippen molar-refractivity contribution in [2.45, 2.75) is 13.8 Å². The molecule has 4 aliphatic heterocycles. The number of rotatable bonds is 8. The van der Waals surface area contributed by atoms with Gasteiger partial charge in [0.25, 0.3) is 0 Å². The number of piperazine rings is 2. The summed E-state index contributed by atoms with van der Waals surface area (Å²) in [5.74, 6) is 1.42. The van der Waals surface area contributed by atoms with Crippen LogP contribution in [0.5, 0.6) is 0 Å². The average molecular weight is 939 g/mol. The summed E-state index contributed by atoms with van der Waals surface area (Å²) in [5, 5.41) is 10.4. The van der Waals surface area contributed by atoms with Crippen LogP contribution in [0.15, 0.2) is 60.7 Å². The number of morpholine rings is 2. The minimum atomic E-state index is -0.700. The molecular formula is C48H54F4N12O4. The Bertz CT molecular complexity index is 2780. The van der Waals surface area contributed by atoms with Gasteiger partial charge >= 0.3 is 6.09 Å². The number of carbonyl (C=O) groups excluding carboxylic acids is 1. The lowest BCUT2D eigenvalue weighted by Crippen LogP contribution is -2.49. The molecule has 358 valence electrons. The average Bonchev–Trinajstić information content (AvgIpc) is 3.36. The second-order valence-corrected chi connectivity index (χ2v) is 16.8. The number of methoxy groups -OCH3 is 1. The summed E-state index contributed by atoms with van der Waals surface area (Å²) < 4.78 is 73.9. The van der Waals surface area contributed by atoms with E-state index < -0.39 is 23.3 Å². The van der Waals surface area contributed by atoms with E-state index in [2.05, 4.69) is 40.6 Å². The van der Waals surface area contributed by atoms with Crippen LogP contribution in [-0.4, -0.2) is 143 Å². The summed E-state index contributed by atoms with van der Waals surface area (Å²) in [7, 11) is 1.35.